The van der Waals surface area contributed by atoms with Crippen molar-refractivity contribution in [3.63, 3.8) is 0 Å². The maximum Gasteiger partial charge on any atom is 0.184 e. The minimum atomic E-state index is 0.136. The number of hydrazone groups is 1. The van der Waals surface area contributed by atoms with Gasteiger partial charge in [0.2, 0.25) is 0 Å². The first kappa shape index (κ1) is 10.5. The van der Waals surface area contributed by atoms with E-state index in [0.717, 1.165) is 16.5 Å². The number of thiocarbonyl (C=S) groups is 1. The number of rotatable bonds is 2. The average Bonchev–Trinajstić information content (AvgIpc) is 2.28. The summed E-state index contributed by atoms with van der Waals surface area (Å²) >= 11 is 4.62. The molecule has 0 aliphatic rings. The molecule has 3 N–H and O–H groups in total. The Labute approximate surface area is 98.2 Å². The van der Waals surface area contributed by atoms with Crippen molar-refractivity contribution in [3.05, 3.63) is 42.2 Å². The highest BCUT2D eigenvalue weighted by atomic mass is 32.1. The smallest absolute Gasteiger partial charge is 0.184 e. The van der Waals surface area contributed by atoms with Gasteiger partial charge in [-0.1, -0.05) is 24.3 Å². The van der Waals surface area contributed by atoms with Crippen molar-refractivity contribution in [2.45, 2.75) is 0 Å². The quantitative estimate of drug-likeness (QED) is 0.465. The van der Waals surface area contributed by atoms with E-state index in [1.807, 2.05) is 30.3 Å². The molecule has 1 aromatic heterocycles. The Balaban J connectivity index is 2.26. The molecule has 0 saturated heterocycles. The number of pyridine rings is 1. The molecule has 0 bridgehead atoms. The fourth-order valence-corrected chi connectivity index (χ4v) is 1.39. The molecular weight excluding hydrogens is 220 g/mol. The van der Waals surface area contributed by atoms with E-state index in [-0.39, 0.29) is 5.11 Å². The van der Waals surface area contributed by atoms with E-state index in [9.17, 15) is 0 Å². The molecule has 2 aromatic rings. The van der Waals surface area contributed by atoms with Crippen LogP contribution in [0.1, 0.15) is 5.69 Å². The van der Waals surface area contributed by atoms with E-state index in [4.69, 9.17) is 5.73 Å². The van der Waals surface area contributed by atoms with Crippen LogP contribution in [0.5, 0.6) is 0 Å². The average molecular weight is 230 g/mol. The molecule has 0 unspecified atom stereocenters. The standard InChI is InChI=1S/C11H10N4S/c12-11(16)15-14-7-10-5-8-3-1-2-4-9(8)6-13-10/h1-7H,(H3,12,15,16)/b14-7+. The van der Waals surface area contributed by atoms with Crippen LogP contribution in [0.2, 0.25) is 0 Å². The van der Waals surface area contributed by atoms with Gasteiger partial charge in [-0.15, -0.1) is 0 Å². The molecule has 16 heavy (non-hydrogen) atoms. The highest BCUT2D eigenvalue weighted by Gasteiger charge is 1.94. The number of hydrogen-bond donors (Lipinski definition) is 2. The maximum absolute atomic E-state index is 5.23. The zero-order valence-corrected chi connectivity index (χ0v) is 9.24. The maximum atomic E-state index is 5.23. The van der Waals surface area contributed by atoms with E-state index in [0.29, 0.717) is 0 Å². The Morgan fingerprint density at radius 2 is 2.12 bits per heavy atom. The third-order valence-corrected chi connectivity index (χ3v) is 2.11. The second-order valence-corrected chi connectivity index (χ2v) is 3.63. The van der Waals surface area contributed by atoms with E-state index < -0.39 is 0 Å². The van der Waals surface area contributed by atoms with Gasteiger partial charge in [0.05, 0.1) is 11.9 Å². The molecule has 0 atom stereocenters. The summed E-state index contributed by atoms with van der Waals surface area (Å²) in [5.41, 5.74) is 8.47. The first-order valence-corrected chi connectivity index (χ1v) is 5.10. The number of nitrogens with two attached hydrogens (primary N) is 1. The van der Waals surface area contributed by atoms with Gasteiger partial charge in [-0.25, -0.2) is 0 Å². The van der Waals surface area contributed by atoms with Crippen molar-refractivity contribution in [2.75, 3.05) is 0 Å². The summed E-state index contributed by atoms with van der Waals surface area (Å²) < 4.78 is 0. The van der Waals surface area contributed by atoms with Crippen molar-refractivity contribution in [2.24, 2.45) is 10.8 Å². The lowest BCUT2D eigenvalue weighted by Gasteiger charge is -1.98. The molecule has 2 rings (SSSR count). The van der Waals surface area contributed by atoms with Gasteiger partial charge in [-0.2, -0.15) is 5.10 Å². The SMILES string of the molecule is NC(=S)N/N=C/c1cc2ccccc2cn1. The van der Waals surface area contributed by atoms with Crippen molar-refractivity contribution < 1.29 is 0 Å². The Morgan fingerprint density at radius 3 is 2.88 bits per heavy atom. The number of fused-ring (bicyclic) bond motifs is 1. The zero-order chi connectivity index (χ0) is 11.4. The Bertz CT molecular complexity index is 550. The predicted molar refractivity (Wildman–Crippen MR) is 69.3 cm³/mol. The molecule has 80 valence electrons. The first-order valence-electron chi connectivity index (χ1n) is 4.69. The molecule has 0 fully saturated rings. The lowest BCUT2D eigenvalue weighted by molar-refractivity contribution is 1.04. The van der Waals surface area contributed by atoms with Crippen molar-refractivity contribution in [3.8, 4) is 0 Å². The number of aromatic nitrogens is 1. The molecule has 1 heterocycles. The van der Waals surface area contributed by atoms with Crippen LogP contribution in [0, 0.1) is 0 Å². The Hall–Kier alpha value is -2.01. The van der Waals surface area contributed by atoms with E-state index in [1.54, 1.807) is 12.4 Å². The van der Waals surface area contributed by atoms with Gasteiger partial charge in [0, 0.05) is 11.6 Å². The molecule has 0 radical (unpaired) electrons. The van der Waals surface area contributed by atoms with Crippen LogP contribution in [-0.4, -0.2) is 16.3 Å². The summed E-state index contributed by atoms with van der Waals surface area (Å²) in [7, 11) is 0. The van der Waals surface area contributed by atoms with Crippen molar-refractivity contribution in [1.82, 2.24) is 10.4 Å². The van der Waals surface area contributed by atoms with Gasteiger partial charge in [0.1, 0.15) is 0 Å². The lowest BCUT2D eigenvalue weighted by atomic mass is 10.1. The number of benzene rings is 1. The van der Waals surface area contributed by atoms with Crippen molar-refractivity contribution in [1.29, 1.82) is 0 Å². The van der Waals surface area contributed by atoms with Crippen LogP contribution >= 0.6 is 12.2 Å². The predicted octanol–water partition coefficient (Wildman–Crippen LogP) is 1.40. The summed E-state index contributed by atoms with van der Waals surface area (Å²) in [5.74, 6) is 0. The van der Waals surface area contributed by atoms with Gasteiger partial charge >= 0.3 is 0 Å². The monoisotopic (exact) mass is 230 g/mol. The van der Waals surface area contributed by atoms with Gasteiger partial charge in [-0.05, 0) is 23.7 Å². The zero-order valence-electron chi connectivity index (χ0n) is 8.42. The Kier molecular flexibility index (Phi) is 3.07. The molecule has 1 aromatic carbocycles. The molecule has 0 saturated carbocycles. The van der Waals surface area contributed by atoms with E-state index in [1.165, 1.54) is 0 Å². The van der Waals surface area contributed by atoms with Gasteiger partial charge in [0.15, 0.2) is 5.11 Å². The fraction of sp³-hybridized carbons (Fsp3) is 0. The molecule has 4 nitrogen and oxygen atoms in total. The molecule has 0 aliphatic carbocycles. The van der Waals surface area contributed by atoms with Crippen LogP contribution in [0.4, 0.5) is 0 Å². The number of hydrogen-bond acceptors (Lipinski definition) is 3. The first-order chi connectivity index (χ1) is 7.75. The molecule has 0 spiro atoms. The van der Waals surface area contributed by atoms with Crippen LogP contribution in [0.3, 0.4) is 0 Å². The van der Waals surface area contributed by atoms with Crippen LogP contribution in [0.15, 0.2) is 41.6 Å². The lowest BCUT2D eigenvalue weighted by Crippen LogP contribution is -2.24. The number of nitrogens with zero attached hydrogens (tertiary/aromatic N) is 2. The van der Waals surface area contributed by atoms with Crippen LogP contribution in [0.25, 0.3) is 10.8 Å². The highest BCUT2D eigenvalue weighted by molar-refractivity contribution is 7.80. The summed E-state index contributed by atoms with van der Waals surface area (Å²) in [4.78, 5) is 4.23. The largest absolute Gasteiger partial charge is 0.375 e. The van der Waals surface area contributed by atoms with E-state index >= 15 is 0 Å². The van der Waals surface area contributed by atoms with Crippen LogP contribution in [-0.2, 0) is 0 Å². The van der Waals surface area contributed by atoms with Gasteiger partial charge in [0.25, 0.3) is 0 Å². The van der Waals surface area contributed by atoms with Crippen LogP contribution < -0.4 is 11.2 Å². The molecule has 0 amide bonds. The molecule has 5 heteroatoms. The van der Waals surface area contributed by atoms with Crippen molar-refractivity contribution >= 4 is 34.3 Å². The fourth-order valence-electron chi connectivity index (χ4n) is 1.33. The molecular formula is C11H10N4S. The summed E-state index contributed by atoms with van der Waals surface area (Å²) in [6.45, 7) is 0. The Morgan fingerprint density at radius 1 is 1.38 bits per heavy atom. The topological polar surface area (TPSA) is 63.3 Å². The second-order valence-electron chi connectivity index (χ2n) is 3.19. The molecule has 0 aliphatic heterocycles. The summed E-state index contributed by atoms with van der Waals surface area (Å²) in [6.07, 6.45) is 3.38. The van der Waals surface area contributed by atoms with Gasteiger partial charge in [-0.3, -0.25) is 10.4 Å². The second kappa shape index (κ2) is 4.67. The minimum Gasteiger partial charge on any atom is -0.375 e. The third kappa shape index (κ3) is 2.52. The number of nitrogens with one attached hydrogen (secondary N) is 1. The third-order valence-electron chi connectivity index (χ3n) is 2.02. The highest BCUT2D eigenvalue weighted by Crippen LogP contribution is 2.12. The normalized spacial score (nSPS) is 10.8. The summed E-state index contributed by atoms with van der Waals surface area (Å²) in [6, 6.07) is 9.94. The minimum absolute atomic E-state index is 0.136. The van der Waals surface area contributed by atoms with E-state index in [2.05, 4.69) is 27.7 Å². The summed E-state index contributed by atoms with van der Waals surface area (Å²) in [5, 5.41) is 6.20. The van der Waals surface area contributed by atoms with Gasteiger partial charge < -0.3 is 5.73 Å².